The molecule has 0 aromatic heterocycles. The maximum Gasteiger partial charge on any atom is 0.282 e. The largest absolute Gasteiger partial charge is 0.494 e. The fraction of sp³-hybridized carbons (Fsp3) is 0.154. The number of carbonyl (C=O) groups excluding carboxylic acids is 2. The number of benzene rings is 3. The Balaban J connectivity index is 1.79. The Bertz CT molecular complexity index is 1200. The highest BCUT2D eigenvalue weighted by atomic mass is 19.1. The number of nitrogens with one attached hydrogen (secondary N) is 1. The van der Waals surface area contributed by atoms with E-state index in [0.717, 1.165) is 16.9 Å². The fourth-order valence-corrected chi connectivity index (χ4v) is 3.55. The summed E-state index contributed by atoms with van der Waals surface area (Å²) in [5, 5.41) is 3.12. The number of amides is 2. The monoisotopic (exact) mass is 430 g/mol. The van der Waals surface area contributed by atoms with E-state index in [-0.39, 0.29) is 17.0 Å². The molecule has 5 nitrogen and oxygen atoms in total. The molecule has 0 aliphatic carbocycles. The van der Waals surface area contributed by atoms with E-state index in [1.165, 1.54) is 18.2 Å². The quantitative estimate of drug-likeness (QED) is 0.516. The summed E-state index contributed by atoms with van der Waals surface area (Å²) >= 11 is 0. The van der Waals surface area contributed by atoms with Crippen molar-refractivity contribution < 1.29 is 18.7 Å². The van der Waals surface area contributed by atoms with Gasteiger partial charge in [0.1, 0.15) is 17.3 Å². The summed E-state index contributed by atoms with van der Waals surface area (Å²) in [5.74, 6) is -1.16. The van der Waals surface area contributed by atoms with E-state index in [4.69, 9.17) is 4.74 Å². The van der Waals surface area contributed by atoms with Crippen molar-refractivity contribution in [2.75, 3.05) is 16.8 Å². The molecule has 162 valence electrons. The third kappa shape index (κ3) is 3.99. The Kier molecular flexibility index (Phi) is 6.03. The molecule has 3 aromatic rings. The standard InChI is InChI=1S/C26H23FN2O3/c1-3-16-32-19-14-12-18(13-15-19)23-24(28-21-10-6-4-8-17(21)2)26(31)29(25(23)30)22-11-7-5-9-20(22)27/h4-15,28H,3,16H2,1-2H3. The molecule has 1 N–H and O–H groups in total. The van der Waals surface area contributed by atoms with E-state index >= 15 is 0 Å². The van der Waals surface area contributed by atoms with E-state index in [0.29, 0.717) is 23.6 Å². The van der Waals surface area contributed by atoms with Crippen molar-refractivity contribution in [2.45, 2.75) is 20.3 Å². The Hall–Kier alpha value is -3.93. The first-order chi connectivity index (χ1) is 15.5. The van der Waals surface area contributed by atoms with Crippen LogP contribution in [-0.2, 0) is 9.59 Å². The van der Waals surface area contributed by atoms with Crippen molar-refractivity contribution in [3.8, 4) is 5.75 Å². The van der Waals surface area contributed by atoms with E-state index in [1.54, 1.807) is 30.3 Å². The summed E-state index contributed by atoms with van der Waals surface area (Å²) in [6, 6.07) is 20.2. The molecule has 0 spiro atoms. The van der Waals surface area contributed by atoms with E-state index in [9.17, 15) is 14.0 Å². The first kappa shape index (κ1) is 21.3. The topological polar surface area (TPSA) is 58.6 Å². The number of aryl methyl sites for hydroxylation is 1. The van der Waals surface area contributed by atoms with Gasteiger partial charge in [0.05, 0.1) is 17.9 Å². The number of para-hydroxylation sites is 2. The number of imide groups is 1. The predicted molar refractivity (Wildman–Crippen MR) is 123 cm³/mol. The first-order valence-corrected chi connectivity index (χ1v) is 10.4. The van der Waals surface area contributed by atoms with Crippen molar-refractivity contribution in [1.29, 1.82) is 0 Å². The summed E-state index contributed by atoms with van der Waals surface area (Å²) in [7, 11) is 0. The SMILES string of the molecule is CCCOc1ccc(C2=C(Nc3ccccc3C)C(=O)N(c3ccccc3F)C2=O)cc1. The number of ether oxygens (including phenoxy) is 1. The van der Waals surface area contributed by atoms with Gasteiger partial charge in [-0.25, -0.2) is 9.29 Å². The third-order valence-corrected chi connectivity index (χ3v) is 5.20. The van der Waals surface area contributed by atoms with E-state index < -0.39 is 17.6 Å². The van der Waals surface area contributed by atoms with Gasteiger partial charge in [0.25, 0.3) is 11.8 Å². The summed E-state index contributed by atoms with van der Waals surface area (Å²) < 4.78 is 20.1. The first-order valence-electron chi connectivity index (χ1n) is 10.4. The molecule has 1 heterocycles. The number of halogens is 1. The molecule has 0 saturated heterocycles. The maximum atomic E-state index is 14.5. The van der Waals surface area contributed by atoms with Crippen LogP contribution in [0, 0.1) is 12.7 Å². The molecule has 0 bridgehead atoms. The molecule has 0 fully saturated rings. The highest BCUT2D eigenvalue weighted by Crippen LogP contribution is 2.35. The average molecular weight is 430 g/mol. The van der Waals surface area contributed by atoms with Crippen LogP contribution in [0.1, 0.15) is 24.5 Å². The minimum Gasteiger partial charge on any atom is -0.494 e. The van der Waals surface area contributed by atoms with Gasteiger partial charge in [0, 0.05) is 5.69 Å². The number of hydrogen-bond acceptors (Lipinski definition) is 4. The molecule has 0 radical (unpaired) electrons. The van der Waals surface area contributed by atoms with Gasteiger partial charge < -0.3 is 10.1 Å². The Labute approximate surface area is 186 Å². The molecule has 2 amide bonds. The molecular weight excluding hydrogens is 407 g/mol. The van der Waals surface area contributed by atoms with Crippen molar-refractivity contribution in [3.05, 3.63) is 95.4 Å². The zero-order valence-electron chi connectivity index (χ0n) is 17.9. The van der Waals surface area contributed by atoms with Crippen LogP contribution in [0.25, 0.3) is 5.57 Å². The van der Waals surface area contributed by atoms with Crippen LogP contribution in [0.5, 0.6) is 5.75 Å². The van der Waals surface area contributed by atoms with E-state index in [2.05, 4.69) is 5.32 Å². The second kappa shape index (κ2) is 9.06. The minimum atomic E-state index is -0.644. The van der Waals surface area contributed by atoms with Gasteiger partial charge in [0.2, 0.25) is 0 Å². The lowest BCUT2D eigenvalue weighted by atomic mass is 10.0. The van der Waals surface area contributed by atoms with Crippen molar-refractivity contribution in [2.24, 2.45) is 0 Å². The maximum absolute atomic E-state index is 14.5. The van der Waals surface area contributed by atoms with E-state index in [1.807, 2.05) is 38.1 Å². The number of nitrogens with zero attached hydrogens (tertiary/aromatic N) is 1. The van der Waals surface area contributed by atoms with Crippen LogP contribution in [0.3, 0.4) is 0 Å². The zero-order valence-corrected chi connectivity index (χ0v) is 17.9. The lowest BCUT2D eigenvalue weighted by molar-refractivity contribution is -0.120. The second-order valence-corrected chi connectivity index (χ2v) is 7.46. The number of carbonyl (C=O) groups is 2. The van der Waals surface area contributed by atoms with Crippen molar-refractivity contribution in [3.63, 3.8) is 0 Å². The molecule has 6 heteroatoms. The summed E-state index contributed by atoms with van der Waals surface area (Å²) in [6.07, 6.45) is 0.877. The van der Waals surface area contributed by atoms with Crippen LogP contribution in [0.15, 0.2) is 78.5 Å². The zero-order chi connectivity index (χ0) is 22.7. The third-order valence-electron chi connectivity index (χ3n) is 5.20. The molecular formula is C26H23FN2O3. The van der Waals surface area contributed by atoms with Gasteiger partial charge in [-0.3, -0.25) is 9.59 Å². The summed E-state index contributed by atoms with van der Waals surface area (Å²) in [4.78, 5) is 27.7. The lowest BCUT2D eigenvalue weighted by Crippen LogP contribution is -2.33. The Morgan fingerprint density at radius 3 is 2.28 bits per heavy atom. The predicted octanol–water partition coefficient (Wildman–Crippen LogP) is 5.32. The highest BCUT2D eigenvalue weighted by molar-refractivity contribution is 6.46. The molecule has 4 rings (SSSR count). The van der Waals surface area contributed by atoms with Crippen LogP contribution < -0.4 is 15.0 Å². The smallest absolute Gasteiger partial charge is 0.282 e. The summed E-state index contributed by atoms with van der Waals surface area (Å²) in [5.41, 5.74) is 2.36. The van der Waals surface area contributed by atoms with Gasteiger partial charge in [0.15, 0.2) is 0 Å². The van der Waals surface area contributed by atoms with Gasteiger partial charge >= 0.3 is 0 Å². The van der Waals surface area contributed by atoms with Gasteiger partial charge in [-0.05, 0) is 54.8 Å². The molecule has 0 atom stereocenters. The van der Waals surface area contributed by atoms with Crippen LogP contribution in [0.2, 0.25) is 0 Å². The Morgan fingerprint density at radius 1 is 0.906 bits per heavy atom. The number of anilines is 2. The minimum absolute atomic E-state index is 0.0792. The number of hydrogen-bond donors (Lipinski definition) is 1. The van der Waals surface area contributed by atoms with Gasteiger partial charge in [-0.2, -0.15) is 0 Å². The Morgan fingerprint density at radius 2 is 1.59 bits per heavy atom. The van der Waals surface area contributed by atoms with Crippen LogP contribution in [0.4, 0.5) is 15.8 Å². The van der Waals surface area contributed by atoms with Crippen molar-refractivity contribution in [1.82, 2.24) is 0 Å². The molecule has 32 heavy (non-hydrogen) atoms. The van der Waals surface area contributed by atoms with Gasteiger partial charge in [-0.15, -0.1) is 0 Å². The molecule has 0 unspecified atom stereocenters. The van der Waals surface area contributed by atoms with Gasteiger partial charge in [-0.1, -0.05) is 49.4 Å². The lowest BCUT2D eigenvalue weighted by Gasteiger charge is -2.16. The molecule has 3 aromatic carbocycles. The van der Waals surface area contributed by atoms with Crippen LogP contribution >= 0.6 is 0 Å². The summed E-state index contributed by atoms with van der Waals surface area (Å²) in [6.45, 7) is 4.50. The second-order valence-electron chi connectivity index (χ2n) is 7.46. The fourth-order valence-electron chi connectivity index (χ4n) is 3.55. The molecule has 1 aliphatic rings. The van der Waals surface area contributed by atoms with Crippen molar-refractivity contribution >= 4 is 28.8 Å². The average Bonchev–Trinajstić information content (AvgIpc) is 3.04. The number of rotatable bonds is 7. The van der Waals surface area contributed by atoms with Crippen LogP contribution in [-0.4, -0.2) is 18.4 Å². The normalized spacial score (nSPS) is 13.7. The molecule has 0 saturated carbocycles. The highest BCUT2D eigenvalue weighted by Gasteiger charge is 2.41. The molecule has 1 aliphatic heterocycles.